The van der Waals surface area contributed by atoms with E-state index in [2.05, 4.69) is 30.5 Å². The maximum atomic E-state index is 4.29. The van der Waals surface area contributed by atoms with Crippen LogP contribution in [0.1, 0.15) is 25.1 Å². The Kier molecular flexibility index (Phi) is 3.48. The highest BCUT2D eigenvalue weighted by Crippen LogP contribution is 2.03. The van der Waals surface area contributed by atoms with Crippen LogP contribution in [0.5, 0.6) is 0 Å². The number of hydrogen-bond acceptors (Lipinski definition) is 2. The Labute approximate surface area is 80.1 Å². The number of nitrogens with one attached hydrogen (secondary N) is 1. The van der Waals surface area contributed by atoms with Gasteiger partial charge in [0.2, 0.25) is 0 Å². The molecular formula is C10H19N3. The van der Waals surface area contributed by atoms with Gasteiger partial charge in [0.1, 0.15) is 0 Å². The average molecular weight is 181 g/mol. The van der Waals surface area contributed by atoms with E-state index in [1.165, 1.54) is 5.56 Å². The molecule has 3 heteroatoms. The molecule has 0 saturated heterocycles. The molecule has 0 aliphatic rings. The van der Waals surface area contributed by atoms with Crippen molar-refractivity contribution < 1.29 is 0 Å². The first kappa shape index (κ1) is 10.3. The van der Waals surface area contributed by atoms with Gasteiger partial charge >= 0.3 is 0 Å². The molecule has 0 radical (unpaired) electrons. The third-order valence-corrected chi connectivity index (χ3v) is 1.98. The van der Waals surface area contributed by atoms with Crippen molar-refractivity contribution in [2.75, 3.05) is 6.54 Å². The van der Waals surface area contributed by atoms with Crippen molar-refractivity contribution in [2.24, 2.45) is 13.0 Å². The zero-order chi connectivity index (χ0) is 9.84. The minimum Gasteiger partial charge on any atom is -0.312 e. The van der Waals surface area contributed by atoms with Crippen LogP contribution >= 0.6 is 0 Å². The summed E-state index contributed by atoms with van der Waals surface area (Å²) >= 11 is 0. The lowest BCUT2D eigenvalue weighted by Gasteiger charge is -2.05. The predicted octanol–water partition coefficient (Wildman–Crippen LogP) is 1.47. The zero-order valence-electron chi connectivity index (χ0n) is 8.96. The second-order valence-electron chi connectivity index (χ2n) is 3.94. The summed E-state index contributed by atoms with van der Waals surface area (Å²) in [4.78, 5) is 0. The van der Waals surface area contributed by atoms with E-state index in [-0.39, 0.29) is 0 Å². The van der Waals surface area contributed by atoms with Crippen molar-refractivity contribution in [3.8, 4) is 0 Å². The first-order valence-corrected chi connectivity index (χ1v) is 4.79. The Morgan fingerprint density at radius 1 is 1.54 bits per heavy atom. The summed E-state index contributed by atoms with van der Waals surface area (Å²) in [6.45, 7) is 8.46. The molecule has 0 aliphatic carbocycles. The Bertz CT molecular complexity index is 263. The summed E-state index contributed by atoms with van der Waals surface area (Å²) in [6.07, 6.45) is 2.07. The maximum absolute atomic E-state index is 4.29. The van der Waals surface area contributed by atoms with Gasteiger partial charge in [-0.15, -0.1) is 0 Å². The molecule has 13 heavy (non-hydrogen) atoms. The van der Waals surface area contributed by atoms with E-state index in [0.717, 1.165) is 18.8 Å². The minimum absolute atomic E-state index is 0.706. The van der Waals surface area contributed by atoms with Gasteiger partial charge in [0.05, 0.1) is 5.69 Å². The third-order valence-electron chi connectivity index (χ3n) is 1.98. The third kappa shape index (κ3) is 3.19. The molecule has 0 fully saturated rings. The molecule has 0 amide bonds. The molecular weight excluding hydrogens is 162 g/mol. The lowest BCUT2D eigenvalue weighted by atomic mass is 10.2. The van der Waals surface area contributed by atoms with Crippen LogP contribution in [0.3, 0.4) is 0 Å². The number of aryl methyl sites for hydroxylation is 2. The van der Waals surface area contributed by atoms with Gasteiger partial charge in [0.15, 0.2) is 0 Å². The number of hydrogen-bond donors (Lipinski definition) is 1. The fourth-order valence-electron chi connectivity index (χ4n) is 1.32. The monoisotopic (exact) mass is 181 g/mol. The number of nitrogens with zero attached hydrogens (tertiary/aromatic N) is 2. The van der Waals surface area contributed by atoms with Crippen molar-refractivity contribution in [2.45, 2.75) is 27.3 Å². The van der Waals surface area contributed by atoms with Crippen molar-refractivity contribution in [3.05, 3.63) is 17.5 Å². The summed E-state index contributed by atoms with van der Waals surface area (Å²) in [5, 5.41) is 7.69. The van der Waals surface area contributed by atoms with Gasteiger partial charge < -0.3 is 5.32 Å². The molecule has 1 aromatic rings. The second-order valence-corrected chi connectivity index (χ2v) is 3.94. The van der Waals surface area contributed by atoms with E-state index >= 15 is 0 Å². The van der Waals surface area contributed by atoms with Crippen LogP contribution in [0.4, 0.5) is 0 Å². The highest BCUT2D eigenvalue weighted by molar-refractivity contribution is 5.14. The van der Waals surface area contributed by atoms with E-state index in [4.69, 9.17) is 0 Å². The van der Waals surface area contributed by atoms with Gasteiger partial charge in [0.25, 0.3) is 0 Å². The number of aromatic nitrogens is 2. The predicted molar refractivity (Wildman–Crippen MR) is 54.5 cm³/mol. The standard InChI is InChI=1S/C10H19N3/c1-8(2)5-11-6-10-7-13(4)12-9(10)3/h7-8,11H,5-6H2,1-4H3. The van der Waals surface area contributed by atoms with Gasteiger partial charge in [-0.2, -0.15) is 5.10 Å². The largest absolute Gasteiger partial charge is 0.312 e. The van der Waals surface area contributed by atoms with Gasteiger partial charge in [-0.25, -0.2) is 0 Å². The van der Waals surface area contributed by atoms with Gasteiger partial charge in [-0.05, 0) is 19.4 Å². The Morgan fingerprint density at radius 2 is 2.23 bits per heavy atom. The van der Waals surface area contributed by atoms with Crippen LogP contribution in [0.15, 0.2) is 6.20 Å². The highest BCUT2D eigenvalue weighted by Gasteiger charge is 2.02. The molecule has 74 valence electrons. The quantitative estimate of drug-likeness (QED) is 0.762. The number of rotatable bonds is 4. The minimum atomic E-state index is 0.706. The lowest BCUT2D eigenvalue weighted by Crippen LogP contribution is -2.19. The van der Waals surface area contributed by atoms with E-state index in [9.17, 15) is 0 Å². The van der Waals surface area contributed by atoms with Crippen LogP contribution in [0.25, 0.3) is 0 Å². The van der Waals surface area contributed by atoms with Crippen molar-refractivity contribution in [1.82, 2.24) is 15.1 Å². The molecule has 0 saturated carbocycles. The Morgan fingerprint density at radius 3 is 2.69 bits per heavy atom. The van der Waals surface area contributed by atoms with Crippen LogP contribution in [0, 0.1) is 12.8 Å². The summed E-state index contributed by atoms with van der Waals surface area (Å²) < 4.78 is 1.86. The van der Waals surface area contributed by atoms with E-state index < -0.39 is 0 Å². The summed E-state index contributed by atoms with van der Waals surface area (Å²) in [7, 11) is 1.96. The van der Waals surface area contributed by atoms with Crippen molar-refractivity contribution >= 4 is 0 Å². The van der Waals surface area contributed by atoms with Crippen molar-refractivity contribution in [3.63, 3.8) is 0 Å². The zero-order valence-corrected chi connectivity index (χ0v) is 8.96. The fraction of sp³-hybridized carbons (Fsp3) is 0.700. The summed E-state index contributed by atoms with van der Waals surface area (Å²) in [5.74, 6) is 0.706. The summed E-state index contributed by atoms with van der Waals surface area (Å²) in [5.41, 5.74) is 2.42. The Balaban J connectivity index is 2.40. The van der Waals surface area contributed by atoms with E-state index in [1.54, 1.807) is 0 Å². The second kappa shape index (κ2) is 4.42. The topological polar surface area (TPSA) is 29.9 Å². The Hall–Kier alpha value is -0.830. The van der Waals surface area contributed by atoms with Crippen molar-refractivity contribution in [1.29, 1.82) is 0 Å². The molecule has 0 bridgehead atoms. The molecule has 3 nitrogen and oxygen atoms in total. The molecule has 0 aliphatic heterocycles. The molecule has 1 heterocycles. The van der Waals surface area contributed by atoms with E-state index in [0.29, 0.717) is 5.92 Å². The fourth-order valence-corrected chi connectivity index (χ4v) is 1.32. The molecule has 0 atom stereocenters. The molecule has 1 N–H and O–H groups in total. The molecule has 0 spiro atoms. The first-order chi connectivity index (χ1) is 6.09. The SMILES string of the molecule is Cc1nn(C)cc1CNCC(C)C. The van der Waals surface area contributed by atoms with Crippen LogP contribution in [-0.2, 0) is 13.6 Å². The van der Waals surface area contributed by atoms with Gasteiger partial charge in [0, 0.05) is 25.4 Å². The van der Waals surface area contributed by atoms with Crippen LogP contribution in [0.2, 0.25) is 0 Å². The summed E-state index contributed by atoms with van der Waals surface area (Å²) in [6, 6.07) is 0. The smallest absolute Gasteiger partial charge is 0.0638 e. The lowest BCUT2D eigenvalue weighted by molar-refractivity contribution is 0.551. The van der Waals surface area contributed by atoms with Crippen LogP contribution in [-0.4, -0.2) is 16.3 Å². The maximum Gasteiger partial charge on any atom is 0.0638 e. The molecule has 1 aromatic heterocycles. The normalized spacial score (nSPS) is 11.2. The average Bonchev–Trinajstić information content (AvgIpc) is 2.29. The van der Waals surface area contributed by atoms with Crippen LogP contribution < -0.4 is 5.32 Å². The highest BCUT2D eigenvalue weighted by atomic mass is 15.2. The first-order valence-electron chi connectivity index (χ1n) is 4.79. The molecule has 1 rings (SSSR count). The molecule has 0 aromatic carbocycles. The van der Waals surface area contributed by atoms with E-state index in [1.807, 2.05) is 18.7 Å². The molecule has 0 unspecified atom stereocenters. The van der Waals surface area contributed by atoms with Gasteiger partial charge in [-0.3, -0.25) is 4.68 Å². The van der Waals surface area contributed by atoms with Gasteiger partial charge in [-0.1, -0.05) is 13.8 Å².